The topological polar surface area (TPSA) is 64.6 Å². The Balaban J connectivity index is 1.78. The van der Waals surface area contributed by atoms with Gasteiger partial charge in [-0.1, -0.05) is 0 Å². The molecule has 0 aromatic heterocycles. The molecular weight excluding hydrogens is 400 g/mol. The van der Waals surface area contributed by atoms with Crippen LogP contribution < -0.4 is 28.4 Å². The Kier molecular flexibility index (Phi) is 10.1. The maximum absolute atomic E-state index is 5.82. The second-order valence-corrected chi connectivity index (χ2v) is 6.89. The molecule has 0 N–H and O–H groups in total. The molecule has 2 aromatic rings. The van der Waals surface area contributed by atoms with E-state index in [-0.39, 0.29) is 0 Å². The van der Waals surface area contributed by atoms with Crippen molar-refractivity contribution in [2.75, 3.05) is 55.9 Å². The molecule has 0 aliphatic carbocycles. The average Bonchev–Trinajstić information content (AvgIpc) is 2.81. The Hall–Kier alpha value is -2.80. The van der Waals surface area contributed by atoms with Crippen LogP contribution in [-0.4, -0.2) is 55.9 Å². The minimum absolute atomic E-state index is 0.608. The van der Waals surface area contributed by atoms with Gasteiger partial charge in [-0.15, -0.1) is 0 Å². The molecule has 0 aliphatic rings. The molecule has 0 saturated carbocycles. The van der Waals surface area contributed by atoms with Crippen molar-refractivity contribution in [2.45, 2.75) is 25.7 Å². The molecule has 0 radical (unpaired) electrons. The van der Waals surface area contributed by atoms with Crippen LogP contribution in [0.4, 0.5) is 0 Å². The molecule has 172 valence electrons. The first-order valence-corrected chi connectivity index (χ1v) is 10.3. The predicted molar refractivity (Wildman–Crippen MR) is 120 cm³/mol. The normalized spacial score (nSPS) is 10.5. The molecule has 2 aromatic carbocycles. The highest BCUT2D eigenvalue weighted by Gasteiger charge is 2.14. The molecular formula is C24H34O7. The molecule has 0 unspecified atom stereocenters. The molecule has 0 saturated heterocycles. The van der Waals surface area contributed by atoms with E-state index in [9.17, 15) is 0 Å². The summed E-state index contributed by atoms with van der Waals surface area (Å²) in [6, 6.07) is 7.91. The van der Waals surface area contributed by atoms with Gasteiger partial charge in [0.05, 0.1) is 42.7 Å². The minimum Gasteiger partial charge on any atom is -0.493 e. The maximum Gasteiger partial charge on any atom is 0.203 e. The van der Waals surface area contributed by atoms with Gasteiger partial charge in [-0.2, -0.15) is 0 Å². The van der Waals surface area contributed by atoms with Gasteiger partial charge in [-0.25, -0.2) is 0 Å². The van der Waals surface area contributed by atoms with Crippen LogP contribution >= 0.6 is 0 Å². The van der Waals surface area contributed by atoms with E-state index in [4.69, 9.17) is 33.2 Å². The summed E-state index contributed by atoms with van der Waals surface area (Å²) in [5.74, 6) is 3.89. The second-order valence-electron chi connectivity index (χ2n) is 6.89. The fourth-order valence-corrected chi connectivity index (χ4v) is 3.42. The molecule has 0 spiro atoms. The van der Waals surface area contributed by atoms with Gasteiger partial charge >= 0.3 is 0 Å². The van der Waals surface area contributed by atoms with E-state index in [0.717, 1.165) is 36.8 Å². The number of rotatable bonds is 14. The van der Waals surface area contributed by atoms with Crippen molar-refractivity contribution in [1.29, 1.82) is 0 Å². The Morgan fingerprint density at radius 3 is 1.06 bits per heavy atom. The smallest absolute Gasteiger partial charge is 0.203 e. The largest absolute Gasteiger partial charge is 0.493 e. The lowest BCUT2D eigenvalue weighted by Gasteiger charge is -2.14. The lowest BCUT2D eigenvalue weighted by molar-refractivity contribution is 0.129. The van der Waals surface area contributed by atoms with Gasteiger partial charge in [0.2, 0.25) is 11.5 Å². The summed E-state index contributed by atoms with van der Waals surface area (Å²) >= 11 is 0. The van der Waals surface area contributed by atoms with Crippen LogP contribution in [-0.2, 0) is 17.6 Å². The lowest BCUT2D eigenvalue weighted by Crippen LogP contribution is -2.02. The molecule has 2 rings (SSSR count). The van der Waals surface area contributed by atoms with Crippen molar-refractivity contribution in [2.24, 2.45) is 0 Å². The molecule has 0 heterocycles. The van der Waals surface area contributed by atoms with E-state index in [1.54, 1.807) is 42.7 Å². The van der Waals surface area contributed by atoms with Gasteiger partial charge in [-0.05, 0) is 61.1 Å². The van der Waals surface area contributed by atoms with Gasteiger partial charge in [0.15, 0.2) is 23.0 Å². The molecule has 0 fully saturated rings. The number of benzene rings is 2. The highest BCUT2D eigenvalue weighted by molar-refractivity contribution is 5.54. The summed E-state index contributed by atoms with van der Waals surface area (Å²) < 4.78 is 38.2. The first-order valence-electron chi connectivity index (χ1n) is 10.3. The number of hydrogen-bond donors (Lipinski definition) is 0. The third kappa shape index (κ3) is 6.59. The summed E-state index contributed by atoms with van der Waals surface area (Å²) in [6.45, 7) is 1.37. The fourth-order valence-electron chi connectivity index (χ4n) is 3.42. The van der Waals surface area contributed by atoms with Crippen molar-refractivity contribution in [3.63, 3.8) is 0 Å². The Bertz CT molecular complexity index is 702. The van der Waals surface area contributed by atoms with Gasteiger partial charge in [0, 0.05) is 13.2 Å². The zero-order valence-electron chi connectivity index (χ0n) is 19.4. The zero-order chi connectivity index (χ0) is 22.6. The van der Waals surface area contributed by atoms with E-state index in [1.807, 2.05) is 24.3 Å². The van der Waals surface area contributed by atoms with Crippen LogP contribution in [0.1, 0.15) is 24.0 Å². The Labute approximate surface area is 185 Å². The number of ether oxygens (including phenoxy) is 7. The number of aryl methyl sites for hydroxylation is 2. The van der Waals surface area contributed by atoms with Gasteiger partial charge < -0.3 is 33.2 Å². The van der Waals surface area contributed by atoms with E-state index in [2.05, 4.69) is 0 Å². The molecule has 31 heavy (non-hydrogen) atoms. The summed E-state index contributed by atoms with van der Waals surface area (Å²) in [7, 11) is 9.70. The highest BCUT2D eigenvalue weighted by atomic mass is 16.5. The molecule has 0 atom stereocenters. The molecule has 7 heteroatoms. The first kappa shape index (κ1) is 24.5. The third-order valence-electron chi connectivity index (χ3n) is 4.96. The number of methoxy groups -OCH3 is 6. The van der Waals surface area contributed by atoms with Crippen molar-refractivity contribution >= 4 is 0 Å². The average molecular weight is 435 g/mol. The summed E-state index contributed by atoms with van der Waals surface area (Å²) in [4.78, 5) is 0. The van der Waals surface area contributed by atoms with Gasteiger partial charge in [0.1, 0.15) is 0 Å². The van der Waals surface area contributed by atoms with Crippen LogP contribution in [0.5, 0.6) is 34.5 Å². The van der Waals surface area contributed by atoms with Crippen molar-refractivity contribution in [1.82, 2.24) is 0 Å². The summed E-state index contributed by atoms with van der Waals surface area (Å²) in [6.07, 6.45) is 3.54. The quantitative estimate of drug-likeness (QED) is 0.410. The minimum atomic E-state index is 0.608. The van der Waals surface area contributed by atoms with Crippen molar-refractivity contribution < 1.29 is 33.2 Å². The van der Waals surface area contributed by atoms with Crippen LogP contribution in [0.25, 0.3) is 0 Å². The lowest BCUT2D eigenvalue weighted by atomic mass is 10.1. The summed E-state index contributed by atoms with van der Waals surface area (Å²) in [5.41, 5.74) is 2.24. The third-order valence-corrected chi connectivity index (χ3v) is 4.96. The van der Waals surface area contributed by atoms with E-state index in [0.29, 0.717) is 47.7 Å². The maximum atomic E-state index is 5.82. The highest BCUT2D eigenvalue weighted by Crippen LogP contribution is 2.39. The first-order chi connectivity index (χ1) is 15.1. The second kappa shape index (κ2) is 12.8. The zero-order valence-corrected chi connectivity index (χ0v) is 19.4. The van der Waals surface area contributed by atoms with Crippen LogP contribution in [0.3, 0.4) is 0 Å². The standard InChI is InChI=1S/C24H34O7/c1-25-19-13-17(14-20(26-2)23(19)29-5)9-7-11-31-12-8-10-18-15-21(27-3)24(30-6)22(16-18)28-4/h13-16H,7-12H2,1-6H3. The SMILES string of the molecule is COc1cc(CCCOCCCc2cc(OC)c(OC)c(OC)c2)cc(OC)c1OC. The predicted octanol–water partition coefficient (Wildman–Crippen LogP) is 4.32. The molecule has 7 nitrogen and oxygen atoms in total. The Morgan fingerprint density at radius 1 is 0.484 bits per heavy atom. The van der Waals surface area contributed by atoms with E-state index < -0.39 is 0 Å². The molecule has 0 amide bonds. The number of hydrogen-bond acceptors (Lipinski definition) is 7. The Morgan fingerprint density at radius 2 is 0.806 bits per heavy atom. The van der Waals surface area contributed by atoms with Crippen molar-refractivity contribution in [3.8, 4) is 34.5 Å². The van der Waals surface area contributed by atoms with Crippen LogP contribution in [0.15, 0.2) is 24.3 Å². The molecule has 0 aliphatic heterocycles. The van der Waals surface area contributed by atoms with Crippen LogP contribution in [0.2, 0.25) is 0 Å². The molecule has 0 bridgehead atoms. The van der Waals surface area contributed by atoms with E-state index >= 15 is 0 Å². The monoisotopic (exact) mass is 434 g/mol. The summed E-state index contributed by atoms with van der Waals surface area (Å²) in [5, 5.41) is 0. The van der Waals surface area contributed by atoms with Crippen molar-refractivity contribution in [3.05, 3.63) is 35.4 Å². The van der Waals surface area contributed by atoms with Gasteiger partial charge in [-0.3, -0.25) is 0 Å². The fraction of sp³-hybridized carbons (Fsp3) is 0.500. The van der Waals surface area contributed by atoms with Gasteiger partial charge in [0.25, 0.3) is 0 Å². The van der Waals surface area contributed by atoms with E-state index in [1.165, 1.54) is 0 Å². The van der Waals surface area contributed by atoms with Crippen LogP contribution in [0, 0.1) is 0 Å².